The van der Waals surface area contributed by atoms with Gasteiger partial charge in [0.25, 0.3) is 0 Å². The highest BCUT2D eigenvalue weighted by molar-refractivity contribution is 4.82. The van der Waals surface area contributed by atoms with Gasteiger partial charge in [-0.15, -0.1) is 0 Å². The smallest absolute Gasteiger partial charge is 0.0938 e. The predicted molar refractivity (Wildman–Crippen MR) is 44.8 cm³/mol. The van der Waals surface area contributed by atoms with Crippen LogP contribution in [0.2, 0.25) is 0 Å². The van der Waals surface area contributed by atoms with E-state index in [9.17, 15) is 10.2 Å². The van der Waals surface area contributed by atoms with Crippen LogP contribution in [0, 0.1) is 0 Å². The Balaban J connectivity index is 2.10. The van der Waals surface area contributed by atoms with Gasteiger partial charge in [-0.25, -0.2) is 0 Å². The lowest BCUT2D eigenvalue weighted by molar-refractivity contribution is 0.0572. The van der Waals surface area contributed by atoms with Crippen molar-refractivity contribution in [2.24, 2.45) is 0 Å². The standard InChI is InChI=1S/C8H17NO3/c10-4-2-1-3-9-5-7(11)8(12)6-9/h7-8,10-12H,1-6H2/t7-,8+. The lowest BCUT2D eigenvalue weighted by Gasteiger charge is -2.13. The first-order valence-corrected chi connectivity index (χ1v) is 4.43. The lowest BCUT2D eigenvalue weighted by atomic mass is 10.3. The fraction of sp³-hybridized carbons (Fsp3) is 1.00. The van der Waals surface area contributed by atoms with E-state index in [2.05, 4.69) is 0 Å². The molecule has 2 atom stereocenters. The molecule has 0 aromatic rings. The zero-order valence-electron chi connectivity index (χ0n) is 7.19. The molecule has 72 valence electrons. The molecular weight excluding hydrogens is 158 g/mol. The minimum Gasteiger partial charge on any atom is -0.396 e. The molecule has 1 aliphatic heterocycles. The first-order chi connectivity index (χ1) is 5.74. The van der Waals surface area contributed by atoms with Gasteiger partial charge < -0.3 is 15.3 Å². The van der Waals surface area contributed by atoms with Gasteiger partial charge in [-0.05, 0) is 19.4 Å². The van der Waals surface area contributed by atoms with Gasteiger partial charge in [0.05, 0.1) is 12.2 Å². The zero-order chi connectivity index (χ0) is 8.97. The third-order valence-electron chi connectivity index (χ3n) is 2.22. The van der Waals surface area contributed by atoms with Crippen molar-refractivity contribution in [3.8, 4) is 0 Å². The summed E-state index contributed by atoms with van der Waals surface area (Å²) in [7, 11) is 0. The molecule has 0 saturated carbocycles. The molecule has 0 radical (unpaired) electrons. The van der Waals surface area contributed by atoms with E-state index in [0.29, 0.717) is 13.1 Å². The van der Waals surface area contributed by atoms with Crippen LogP contribution in [0.5, 0.6) is 0 Å². The molecule has 0 bridgehead atoms. The first-order valence-electron chi connectivity index (χ1n) is 4.43. The Morgan fingerprint density at radius 1 is 1.08 bits per heavy atom. The number of aliphatic hydroxyl groups excluding tert-OH is 3. The van der Waals surface area contributed by atoms with Crippen molar-refractivity contribution in [1.29, 1.82) is 0 Å². The quantitative estimate of drug-likeness (QED) is 0.469. The normalized spacial score (nSPS) is 31.2. The van der Waals surface area contributed by atoms with Crippen LogP contribution in [0.25, 0.3) is 0 Å². The van der Waals surface area contributed by atoms with Crippen molar-refractivity contribution in [3.05, 3.63) is 0 Å². The van der Waals surface area contributed by atoms with Gasteiger partial charge in [-0.1, -0.05) is 0 Å². The maximum Gasteiger partial charge on any atom is 0.0938 e. The highest BCUT2D eigenvalue weighted by Gasteiger charge is 2.28. The van der Waals surface area contributed by atoms with Crippen LogP contribution < -0.4 is 0 Å². The Morgan fingerprint density at radius 2 is 1.67 bits per heavy atom. The highest BCUT2D eigenvalue weighted by Crippen LogP contribution is 2.10. The second-order valence-corrected chi connectivity index (χ2v) is 3.32. The topological polar surface area (TPSA) is 63.9 Å². The molecule has 3 N–H and O–H groups in total. The summed E-state index contributed by atoms with van der Waals surface area (Å²) < 4.78 is 0. The largest absolute Gasteiger partial charge is 0.396 e. The van der Waals surface area contributed by atoms with E-state index < -0.39 is 12.2 Å². The van der Waals surface area contributed by atoms with Crippen LogP contribution in [0.4, 0.5) is 0 Å². The zero-order valence-corrected chi connectivity index (χ0v) is 7.19. The fourth-order valence-corrected chi connectivity index (χ4v) is 1.48. The number of hydrogen-bond donors (Lipinski definition) is 3. The van der Waals surface area contributed by atoms with Gasteiger partial charge in [-0.2, -0.15) is 0 Å². The lowest BCUT2D eigenvalue weighted by Crippen LogP contribution is -2.23. The van der Waals surface area contributed by atoms with E-state index >= 15 is 0 Å². The first kappa shape index (κ1) is 9.92. The molecule has 4 heteroatoms. The third-order valence-corrected chi connectivity index (χ3v) is 2.22. The Morgan fingerprint density at radius 3 is 2.17 bits per heavy atom. The molecule has 12 heavy (non-hydrogen) atoms. The van der Waals surface area contributed by atoms with Crippen molar-refractivity contribution >= 4 is 0 Å². The summed E-state index contributed by atoms with van der Waals surface area (Å²) in [5.41, 5.74) is 0. The summed E-state index contributed by atoms with van der Waals surface area (Å²) in [6.07, 6.45) is 0.553. The van der Waals surface area contributed by atoms with Gasteiger partial charge in [-0.3, -0.25) is 4.90 Å². The molecular formula is C8H17NO3. The summed E-state index contributed by atoms with van der Waals surface area (Å²) in [4.78, 5) is 2.02. The van der Waals surface area contributed by atoms with E-state index in [1.807, 2.05) is 4.90 Å². The summed E-state index contributed by atoms with van der Waals surface area (Å²) in [5.74, 6) is 0. The highest BCUT2D eigenvalue weighted by atomic mass is 16.3. The Labute approximate surface area is 72.4 Å². The molecule has 0 spiro atoms. The van der Waals surface area contributed by atoms with Crippen LogP contribution in [0.3, 0.4) is 0 Å². The minimum atomic E-state index is -0.584. The van der Waals surface area contributed by atoms with Crippen LogP contribution in [0.1, 0.15) is 12.8 Å². The van der Waals surface area contributed by atoms with E-state index in [4.69, 9.17) is 5.11 Å². The van der Waals surface area contributed by atoms with Crippen LogP contribution in [-0.2, 0) is 0 Å². The molecule has 1 aliphatic rings. The van der Waals surface area contributed by atoms with Crippen molar-refractivity contribution in [3.63, 3.8) is 0 Å². The second-order valence-electron chi connectivity index (χ2n) is 3.32. The Bertz CT molecular complexity index is 121. The maximum atomic E-state index is 9.18. The molecule has 1 heterocycles. The van der Waals surface area contributed by atoms with Gasteiger partial charge in [0.2, 0.25) is 0 Å². The van der Waals surface area contributed by atoms with E-state index in [0.717, 1.165) is 19.4 Å². The molecule has 0 aromatic carbocycles. The number of aliphatic hydroxyl groups is 3. The number of likely N-dealkylation sites (tertiary alicyclic amines) is 1. The van der Waals surface area contributed by atoms with Crippen molar-refractivity contribution in [1.82, 2.24) is 4.90 Å². The average molecular weight is 175 g/mol. The SMILES string of the molecule is OCCCCN1C[C@@H](O)[C@@H](O)C1. The Kier molecular flexibility index (Phi) is 3.94. The van der Waals surface area contributed by atoms with Gasteiger partial charge in [0, 0.05) is 19.7 Å². The molecule has 1 fully saturated rings. The number of unbranched alkanes of at least 4 members (excludes halogenated alkanes) is 1. The van der Waals surface area contributed by atoms with E-state index in [1.165, 1.54) is 0 Å². The van der Waals surface area contributed by atoms with Crippen LogP contribution in [0.15, 0.2) is 0 Å². The van der Waals surface area contributed by atoms with Crippen molar-refractivity contribution in [2.45, 2.75) is 25.0 Å². The van der Waals surface area contributed by atoms with Crippen LogP contribution in [-0.4, -0.2) is 58.7 Å². The average Bonchev–Trinajstić information content (AvgIpc) is 2.32. The molecule has 0 aliphatic carbocycles. The van der Waals surface area contributed by atoms with Gasteiger partial charge in [0.1, 0.15) is 0 Å². The number of rotatable bonds is 4. The number of hydrogen-bond acceptors (Lipinski definition) is 4. The monoisotopic (exact) mass is 175 g/mol. The number of nitrogens with zero attached hydrogens (tertiary/aromatic N) is 1. The minimum absolute atomic E-state index is 0.221. The molecule has 0 unspecified atom stereocenters. The van der Waals surface area contributed by atoms with Gasteiger partial charge in [0.15, 0.2) is 0 Å². The van der Waals surface area contributed by atoms with Crippen LogP contribution >= 0.6 is 0 Å². The maximum absolute atomic E-state index is 9.18. The van der Waals surface area contributed by atoms with Crippen molar-refractivity contribution in [2.75, 3.05) is 26.2 Å². The van der Waals surface area contributed by atoms with Gasteiger partial charge >= 0.3 is 0 Å². The fourth-order valence-electron chi connectivity index (χ4n) is 1.48. The summed E-state index contributed by atoms with van der Waals surface area (Å²) in [6.45, 7) is 2.20. The van der Waals surface area contributed by atoms with Crippen molar-refractivity contribution < 1.29 is 15.3 Å². The second kappa shape index (κ2) is 4.77. The van der Waals surface area contributed by atoms with E-state index in [1.54, 1.807) is 0 Å². The summed E-state index contributed by atoms with van der Waals surface area (Å²) in [5, 5.41) is 26.9. The Hall–Kier alpha value is -0.160. The van der Waals surface area contributed by atoms with E-state index in [-0.39, 0.29) is 6.61 Å². The molecule has 4 nitrogen and oxygen atoms in total. The summed E-state index contributed by atoms with van der Waals surface area (Å²) >= 11 is 0. The molecule has 0 aromatic heterocycles. The summed E-state index contributed by atoms with van der Waals surface area (Å²) in [6, 6.07) is 0. The molecule has 0 amide bonds. The predicted octanol–water partition coefficient (Wildman–Crippen LogP) is -1.20. The third kappa shape index (κ3) is 2.71. The molecule has 1 saturated heterocycles. The molecule has 1 rings (SSSR count). The number of β-amino-alcohol motifs (C(OH)–C–C–N with tert-alkyl or cyclic N) is 2.